The van der Waals surface area contributed by atoms with Crippen LogP contribution >= 0.6 is 0 Å². The van der Waals surface area contributed by atoms with Crippen molar-refractivity contribution in [3.05, 3.63) is 0 Å². The van der Waals surface area contributed by atoms with Crippen LogP contribution in [0.15, 0.2) is 0 Å². The summed E-state index contributed by atoms with van der Waals surface area (Å²) in [5.74, 6) is 0. The van der Waals surface area contributed by atoms with Crippen molar-refractivity contribution in [2.24, 2.45) is 0 Å². The zero-order chi connectivity index (χ0) is 14.7. The molecule has 10 heteroatoms. The molecule has 0 fully saturated rings. The van der Waals surface area contributed by atoms with Crippen molar-refractivity contribution in [2.75, 3.05) is 6.61 Å². The Bertz CT molecular complexity index is 124. The minimum atomic E-state index is -1.83. The normalized spacial score (nSPS) is 7.06. The average molecular weight is 262 g/mol. The van der Waals surface area contributed by atoms with Crippen LogP contribution in [0.1, 0.15) is 26.2 Å². The summed E-state index contributed by atoms with van der Waals surface area (Å²) >= 11 is 0. The fourth-order valence-corrected chi connectivity index (χ4v) is 0.417. The number of carboxylic acid groups (broad SMARTS) is 4. The van der Waals surface area contributed by atoms with Gasteiger partial charge in [0.05, 0.1) is 6.61 Å². The molecule has 0 atom stereocenters. The summed E-state index contributed by atoms with van der Waals surface area (Å²) in [4.78, 5) is 21.0. The molecule has 0 aromatic heterocycles. The van der Waals surface area contributed by atoms with Gasteiger partial charge in [0.25, 0.3) is 0 Å². The summed E-state index contributed by atoms with van der Waals surface area (Å²) in [5, 5.41) is 47.7. The van der Waals surface area contributed by atoms with Crippen LogP contribution in [-0.2, 0) is 4.89 Å². The molecule has 106 valence electrons. The van der Waals surface area contributed by atoms with Gasteiger partial charge in [0.2, 0.25) is 0 Å². The lowest BCUT2D eigenvalue weighted by Gasteiger charge is -1.90. The van der Waals surface area contributed by atoms with E-state index in [1.165, 1.54) is 6.42 Å². The van der Waals surface area contributed by atoms with E-state index in [1.807, 2.05) is 0 Å². The molecule has 0 saturated carbocycles. The number of carbonyl (C=O) groups is 2. The van der Waals surface area contributed by atoms with Gasteiger partial charge in [-0.25, -0.2) is 14.5 Å². The summed E-state index contributed by atoms with van der Waals surface area (Å²) in [6, 6.07) is 0. The van der Waals surface area contributed by atoms with Crippen molar-refractivity contribution in [3.8, 4) is 0 Å². The molecule has 0 spiro atoms. The molecule has 0 amide bonds. The first-order chi connectivity index (χ1) is 7.88. The molecule has 7 N–H and O–H groups in total. The molecule has 0 aromatic carbocycles. The molecule has 0 aliphatic heterocycles. The van der Waals surface area contributed by atoms with Gasteiger partial charge in [-0.2, -0.15) is 0 Å². The number of unbranched alkanes of at least 4 members (excludes halogenated alkanes) is 2. The van der Waals surface area contributed by atoms with E-state index in [1.54, 1.807) is 0 Å². The van der Waals surface area contributed by atoms with Gasteiger partial charge in [-0.1, -0.05) is 19.8 Å². The van der Waals surface area contributed by atoms with E-state index >= 15 is 0 Å². The van der Waals surface area contributed by atoms with E-state index in [0.717, 1.165) is 12.8 Å². The van der Waals surface area contributed by atoms with E-state index < -0.39 is 12.3 Å². The van der Waals surface area contributed by atoms with Crippen LogP contribution in [0.3, 0.4) is 0 Å². The SMILES string of the molecule is CCCCCOO.O=C(O)O.O=C(O)O.OO. The summed E-state index contributed by atoms with van der Waals surface area (Å²) in [6.07, 6.45) is -0.392. The number of hydrogen-bond donors (Lipinski definition) is 7. The lowest BCUT2D eigenvalue weighted by atomic mass is 10.3. The summed E-state index contributed by atoms with van der Waals surface area (Å²) in [6.45, 7) is 2.59. The van der Waals surface area contributed by atoms with Crippen LogP contribution in [0.2, 0.25) is 0 Å². The molecule has 0 aliphatic rings. The second-order valence-corrected chi connectivity index (χ2v) is 2.11. The Labute approximate surface area is 96.8 Å². The summed E-state index contributed by atoms with van der Waals surface area (Å²) in [5.41, 5.74) is 0. The van der Waals surface area contributed by atoms with Gasteiger partial charge < -0.3 is 20.4 Å². The maximum Gasteiger partial charge on any atom is 0.503 e. The van der Waals surface area contributed by atoms with E-state index in [-0.39, 0.29) is 0 Å². The number of rotatable bonds is 4. The van der Waals surface area contributed by atoms with Crippen LogP contribution < -0.4 is 0 Å². The lowest BCUT2D eigenvalue weighted by molar-refractivity contribution is -0.242. The Morgan fingerprint density at radius 2 is 1.24 bits per heavy atom. The third-order valence-corrected chi connectivity index (χ3v) is 0.839. The molecular formula is C7H18O10. The molecular weight excluding hydrogens is 244 g/mol. The maximum absolute atomic E-state index is 8.56. The lowest BCUT2D eigenvalue weighted by Crippen LogP contribution is -1.86. The van der Waals surface area contributed by atoms with Crippen LogP contribution in [0.4, 0.5) is 9.59 Å². The highest BCUT2D eigenvalue weighted by Crippen LogP contribution is 1.91. The highest BCUT2D eigenvalue weighted by Gasteiger charge is 1.81. The van der Waals surface area contributed by atoms with Gasteiger partial charge in [0.15, 0.2) is 0 Å². The molecule has 0 aliphatic carbocycles. The van der Waals surface area contributed by atoms with E-state index in [4.69, 9.17) is 45.8 Å². The summed E-state index contributed by atoms with van der Waals surface area (Å²) < 4.78 is 0. The quantitative estimate of drug-likeness (QED) is 0.225. The van der Waals surface area contributed by atoms with E-state index in [2.05, 4.69) is 11.8 Å². The Morgan fingerprint density at radius 1 is 0.941 bits per heavy atom. The van der Waals surface area contributed by atoms with Gasteiger partial charge in [-0.15, -0.1) is 0 Å². The first kappa shape index (κ1) is 24.6. The molecule has 0 radical (unpaired) electrons. The molecule has 17 heavy (non-hydrogen) atoms. The van der Waals surface area contributed by atoms with Crippen molar-refractivity contribution < 1.29 is 50.7 Å². The van der Waals surface area contributed by atoms with Gasteiger partial charge in [0.1, 0.15) is 0 Å². The predicted molar refractivity (Wildman–Crippen MR) is 54.7 cm³/mol. The fourth-order valence-electron chi connectivity index (χ4n) is 0.417. The minimum Gasteiger partial charge on any atom is -0.450 e. The van der Waals surface area contributed by atoms with Crippen molar-refractivity contribution in [1.82, 2.24) is 0 Å². The van der Waals surface area contributed by atoms with Gasteiger partial charge in [-0.3, -0.25) is 15.8 Å². The topological polar surface area (TPSA) is 185 Å². The Hall–Kier alpha value is -1.62. The highest BCUT2D eigenvalue weighted by molar-refractivity contribution is 5.53. The fraction of sp³-hybridized carbons (Fsp3) is 0.714. The predicted octanol–water partition coefficient (Wildman–Crippen LogP) is 2.13. The highest BCUT2D eigenvalue weighted by atomic mass is 17.1. The van der Waals surface area contributed by atoms with E-state index in [9.17, 15) is 0 Å². The largest absolute Gasteiger partial charge is 0.503 e. The van der Waals surface area contributed by atoms with Gasteiger partial charge in [-0.05, 0) is 6.42 Å². The molecule has 0 aromatic rings. The van der Waals surface area contributed by atoms with Gasteiger partial charge in [0, 0.05) is 0 Å². The first-order valence-electron chi connectivity index (χ1n) is 4.18. The van der Waals surface area contributed by atoms with E-state index in [0.29, 0.717) is 6.61 Å². The Morgan fingerprint density at radius 3 is 1.41 bits per heavy atom. The smallest absolute Gasteiger partial charge is 0.450 e. The maximum atomic E-state index is 8.56. The number of hydrogen-bond acceptors (Lipinski definition) is 6. The monoisotopic (exact) mass is 262 g/mol. The Kier molecular flexibility index (Phi) is 42.3. The molecule has 0 bridgehead atoms. The Balaban J connectivity index is -0.0000000733. The molecule has 0 heterocycles. The van der Waals surface area contributed by atoms with Crippen molar-refractivity contribution in [3.63, 3.8) is 0 Å². The van der Waals surface area contributed by atoms with Crippen molar-refractivity contribution in [1.29, 1.82) is 0 Å². The third kappa shape index (κ3) is 389. The molecule has 10 nitrogen and oxygen atoms in total. The third-order valence-electron chi connectivity index (χ3n) is 0.839. The zero-order valence-corrected chi connectivity index (χ0v) is 9.18. The van der Waals surface area contributed by atoms with Crippen molar-refractivity contribution >= 4 is 12.3 Å². The second-order valence-electron chi connectivity index (χ2n) is 2.11. The molecule has 0 saturated heterocycles. The standard InChI is InChI=1S/C5H12O2.2CH2O3.H2O2/c1-2-3-4-5-7-6;2*2-1(3)4;1-2/h6H,2-5H2,1H3;2*(H2,2,3,4);1-2H. The van der Waals surface area contributed by atoms with Gasteiger partial charge >= 0.3 is 12.3 Å². The summed E-state index contributed by atoms with van der Waals surface area (Å²) in [7, 11) is 0. The van der Waals surface area contributed by atoms with Crippen molar-refractivity contribution in [2.45, 2.75) is 26.2 Å². The molecule has 0 unspecified atom stereocenters. The average Bonchev–Trinajstić information content (AvgIpc) is 2.20. The first-order valence-corrected chi connectivity index (χ1v) is 4.18. The van der Waals surface area contributed by atoms with Crippen LogP contribution in [0, 0.1) is 0 Å². The zero-order valence-electron chi connectivity index (χ0n) is 9.18. The van der Waals surface area contributed by atoms with Crippen LogP contribution in [-0.4, -0.2) is 55.1 Å². The van der Waals surface area contributed by atoms with Crippen LogP contribution in [0.5, 0.6) is 0 Å². The van der Waals surface area contributed by atoms with Crippen LogP contribution in [0.25, 0.3) is 0 Å². The molecule has 0 rings (SSSR count). The minimum absolute atomic E-state index is 0.480. The second kappa shape index (κ2) is 29.3.